The van der Waals surface area contributed by atoms with Crippen LogP contribution in [0.4, 0.5) is 5.69 Å². The summed E-state index contributed by atoms with van der Waals surface area (Å²) in [5.41, 5.74) is 1.58. The average molecular weight is 295 g/mol. The van der Waals surface area contributed by atoms with Crippen LogP contribution in [0.3, 0.4) is 0 Å². The Morgan fingerprint density at radius 1 is 1.40 bits per heavy atom. The summed E-state index contributed by atoms with van der Waals surface area (Å²) in [7, 11) is 0. The molecule has 0 radical (unpaired) electrons. The summed E-state index contributed by atoms with van der Waals surface area (Å²) in [4.78, 5) is 23.9. The number of carboxylic acid groups (broad SMARTS) is 1. The van der Waals surface area contributed by atoms with Gasteiger partial charge in [0.25, 0.3) is 0 Å². The van der Waals surface area contributed by atoms with E-state index in [1.807, 2.05) is 6.07 Å². The summed E-state index contributed by atoms with van der Waals surface area (Å²) in [5, 5.41) is 11.9. The second kappa shape index (κ2) is 6.43. The lowest BCUT2D eigenvalue weighted by atomic mass is 10.1. The van der Waals surface area contributed by atoms with Crippen molar-refractivity contribution in [2.45, 2.75) is 6.42 Å². The second-order valence-corrected chi connectivity index (χ2v) is 4.87. The van der Waals surface area contributed by atoms with Crippen LogP contribution in [0.25, 0.3) is 6.08 Å². The number of rotatable bonds is 3. The van der Waals surface area contributed by atoms with Gasteiger partial charge in [0.15, 0.2) is 0 Å². The molecule has 1 fully saturated rings. The number of nitrogens with one attached hydrogen (secondary N) is 1. The topological polar surface area (TPSA) is 69.6 Å². The highest BCUT2D eigenvalue weighted by atomic mass is 35.5. The number of halogens is 1. The van der Waals surface area contributed by atoms with Crippen LogP contribution < -0.4 is 10.2 Å². The van der Waals surface area contributed by atoms with Gasteiger partial charge in [0.05, 0.1) is 0 Å². The molecule has 2 rings (SSSR count). The molecule has 5 nitrogen and oxygen atoms in total. The number of aliphatic carboxylic acids is 1. The van der Waals surface area contributed by atoms with Gasteiger partial charge >= 0.3 is 5.97 Å². The van der Waals surface area contributed by atoms with E-state index in [9.17, 15) is 9.59 Å². The molecular formula is C14H15ClN2O3. The lowest BCUT2D eigenvalue weighted by Gasteiger charge is -2.22. The molecule has 20 heavy (non-hydrogen) atoms. The number of hydrogen-bond donors (Lipinski definition) is 2. The Balaban J connectivity index is 2.15. The van der Waals surface area contributed by atoms with Crippen molar-refractivity contribution in [2.75, 3.05) is 24.5 Å². The fourth-order valence-corrected chi connectivity index (χ4v) is 2.27. The van der Waals surface area contributed by atoms with Crippen LogP contribution in [-0.2, 0) is 9.59 Å². The highest BCUT2D eigenvalue weighted by Crippen LogP contribution is 2.25. The zero-order valence-electron chi connectivity index (χ0n) is 10.8. The van der Waals surface area contributed by atoms with Crippen molar-refractivity contribution in [3.8, 4) is 0 Å². The molecule has 0 aliphatic carbocycles. The lowest BCUT2D eigenvalue weighted by molar-refractivity contribution is -0.131. The number of hydrogen-bond acceptors (Lipinski definition) is 3. The minimum Gasteiger partial charge on any atom is -0.478 e. The highest BCUT2D eigenvalue weighted by molar-refractivity contribution is 6.32. The van der Waals surface area contributed by atoms with Crippen molar-refractivity contribution in [3.05, 3.63) is 34.9 Å². The first kappa shape index (κ1) is 14.4. The number of carboxylic acids is 1. The minimum atomic E-state index is -1.01. The molecule has 0 unspecified atom stereocenters. The van der Waals surface area contributed by atoms with Crippen LogP contribution in [-0.4, -0.2) is 36.6 Å². The molecular weight excluding hydrogens is 280 g/mol. The first-order valence-corrected chi connectivity index (χ1v) is 6.66. The predicted octanol–water partition coefficient (Wildman–Crippen LogP) is 1.76. The molecule has 2 N–H and O–H groups in total. The van der Waals surface area contributed by atoms with Gasteiger partial charge in [-0.05, 0) is 23.8 Å². The van der Waals surface area contributed by atoms with Gasteiger partial charge in [-0.3, -0.25) is 4.79 Å². The maximum absolute atomic E-state index is 11.3. The van der Waals surface area contributed by atoms with Crippen LogP contribution in [0.15, 0.2) is 24.3 Å². The number of anilines is 1. The second-order valence-electron chi connectivity index (χ2n) is 4.46. The SMILES string of the molecule is O=C(O)/C=C/c1ccc(N2CCNC(=O)CC2)cc1Cl. The number of nitrogens with zero attached hydrogens (tertiary/aromatic N) is 1. The quantitative estimate of drug-likeness (QED) is 0.834. The molecule has 0 bridgehead atoms. The third kappa shape index (κ3) is 3.74. The molecule has 1 aromatic rings. The smallest absolute Gasteiger partial charge is 0.328 e. The van der Waals surface area contributed by atoms with E-state index in [1.54, 1.807) is 12.1 Å². The Hall–Kier alpha value is -2.01. The molecule has 0 atom stereocenters. The lowest BCUT2D eigenvalue weighted by Crippen LogP contribution is -2.28. The van der Waals surface area contributed by atoms with Crippen LogP contribution in [0.1, 0.15) is 12.0 Å². The van der Waals surface area contributed by atoms with Gasteiger partial charge in [-0.25, -0.2) is 4.79 Å². The number of benzene rings is 1. The fraction of sp³-hybridized carbons (Fsp3) is 0.286. The van der Waals surface area contributed by atoms with Crippen molar-refractivity contribution in [1.82, 2.24) is 5.32 Å². The van der Waals surface area contributed by atoms with Gasteiger partial charge in [0.2, 0.25) is 5.91 Å². The van der Waals surface area contributed by atoms with Gasteiger partial charge in [0, 0.05) is 42.8 Å². The van der Waals surface area contributed by atoms with Crippen LogP contribution in [0, 0.1) is 0 Å². The standard InChI is InChI=1S/C14H15ClN2O3/c15-12-9-11(3-1-10(12)2-4-14(19)20)17-7-5-13(18)16-6-8-17/h1-4,9H,5-8H2,(H,16,18)(H,19,20)/b4-2+. The summed E-state index contributed by atoms with van der Waals surface area (Å²) < 4.78 is 0. The summed E-state index contributed by atoms with van der Waals surface area (Å²) in [6, 6.07) is 5.44. The van der Waals surface area contributed by atoms with E-state index in [1.165, 1.54) is 6.08 Å². The fourth-order valence-electron chi connectivity index (χ4n) is 2.03. The Morgan fingerprint density at radius 3 is 2.90 bits per heavy atom. The normalized spacial score (nSPS) is 16.1. The summed E-state index contributed by atoms with van der Waals surface area (Å²) in [6.07, 6.45) is 2.97. The Bertz CT molecular complexity index is 557. The maximum atomic E-state index is 11.3. The monoisotopic (exact) mass is 294 g/mol. The van der Waals surface area contributed by atoms with Crippen molar-refractivity contribution in [1.29, 1.82) is 0 Å². The van der Waals surface area contributed by atoms with E-state index >= 15 is 0 Å². The summed E-state index contributed by atoms with van der Waals surface area (Å²) >= 11 is 6.15. The van der Waals surface area contributed by atoms with Crippen molar-refractivity contribution in [2.24, 2.45) is 0 Å². The van der Waals surface area contributed by atoms with Gasteiger partial charge in [-0.15, -0.1) is 0 Å². The van der Waals surface area contributed by atoms with E-state index in [2.05, 4.69) is 10.2 Å². The predicted molar refractivity (Wildman–Crippen MR) is 78.0 cm³/mol. The van der Waals surface area contributed by atoms with E-state index in [0.717, 1.165) is 18.3 Å². The molecule has 1 aliphatic heterocycles. The zero-order valence-corrected chi connectivity index (χ0v) is 11.6. The van der Waals surface area contributed by atoms with Gasteiger partial charge < -0.3 is 15.3 Å². The molecule has 0 spiro atoms. The van der Waals surface area contributed by atoms with E-state index in [4.69, 9.17) is 16.7 Å². The number of carbonyl (C=O) groups is 2. The highest BCUT2D eigenvalue weighted by Gasteiger charge is 2.14. The molecule has 6 heteroatoms. The van der Waals surface area contributed by atoms with E-state index in [0.29, 0.717) is 30.1 Å². The Labute approximate surface area is 121 Å². The molecule has 106 valence electrons. The molecule has 0 saturated carbocycles. The number of carbonyl (C=O) groups excluding carboxylic acids is 1. The number of amides is 1. The molecule has 1 heterocycles. The zero-order chi connectivity index (χ0) is 14.5. The average Bonchev–Trinajstić information content (AvgIpc) is 2.62. The largest absolute Gasteiger partial charge is 0.478 e. The van der Waals surface area contributed by atoms with E-state index in [-0.39, 0.29) is 5.91 Å². The molecule has 1 saturated heterocycles. The van der Waals surface area contributed by atoms with Gasteiger partial charge in [-0.1, -0.05) is 17.7 Å². The van der Waals surface area contributed by atoms with Crippen LogP contribution in [0.2, 0.25) is 5.02 Å². The summed E-state index contributed by atoms with van der Waals surface area (Å²) in [5.74, 6) is -0.957. The molecule has 1 aliphatic rings. The third-order valence-electron chi connectivity index (χ3n) is 3.07. The van der Waals surface area contributed by atoms with Crippen molar-refractivity contribution >= 4 is 35.2 Å². The Morgan fingerprint density at radius 2 is 2.20 bits per heavy atom. The van der Waals surface area contributed by atoms with Crippen LogP contribution in [0.5, 0.6) is 0 Å². The first-order chi connectivity index (χ1) is 9.56. The molecule has 1 aromatic carbocycles. The summed E-state index contributed by atoms with van der Waals surface area (Å²) in [6.45, 7) is 1.98. The van der Waals surface area contributed by atoms with Crippen molar-refractivity contribution < 1.29 is 14.7 Å². The van der Waals surface area contributed by atoms with Crippen LogP contribution >= 0.6 is 11.6 Å². The minimum absolute atomic E-state index is 0.0552. The molecule has 0 aromatic heterocycles. The first-order valence-electron chi connectivity index (χ1n) is 6.28. The van der Waals surface area contributed by atoms with Crippen molar-refractivity contribution in [3.63, 3.8) is 0 Å². The van der Waals surface area contributed by atoms with E-state index < -0.39 is 5.97 Å². The maximum Gasteiger partial charge on any atom is 0.328 e. The molecule has 1 amide bonds. The van der Waals surface area contributed by atoms with Gasteiger partial charge in [0.1, 0.15) is 0 Å². The Kier molecular flexibility index (Phi) is 4.63. The third-order valence-corrected chi connectivity index (χ3v) is 3.39. The van der Waals surface area contributed by atoms with Gasteiger partial charge in [-0.2, -0.15) is 0 Å².